The van der Waals surface area contributed by atoms with Gasteiger partial charge in [0.05, 0.1) is 13.3 Å². The molecule has 1 unspecified atom stereocenters. The summed E-state index contributed by atoms with van der Waals surface area (Å²) in [5.41, 5.74) is 5.19. The molecule has 2 aliphatic heterocycles. The summed E-state index contributed by atoms with van der Waals surface area (Å²) < 4.78 is 3.49. The zero-order chi connectivity index (χ0) is 16.0. The molecule has 2 bridgehead atoms. The minimum atomic E-state index is 0.335. The van der Waals surface area contributed by atoms with Crippen molar-refractivity contribution in [2.45, 2.75) is 12.8 Å². The number of rotatable bonds is 1. The first-order chi connectivity index (χ1) is 11.2. The summed E-state index contributed by atoms with van der Waals surface area (Å²) in [5, 5.41) is 0. The molecule has 0 N–H and O–H groups in total. The van der Waals surface area contributed by atoms with Gasteiger partial charge in [-0.25, -0.2) is 4.58 Å². The summed E-state index contributed by atoms with van der Waals surface area (Å²) in [4.78, 5) is 2.38. The number of hydrogen-bond acceptors (Lipinski definition) is 1. The molecule has 2 aromatic carbocycles. The van der Waals surface area contributed by atoms with Gasteiger partial charge in [-0.15, -0.1) is 0 Å². The van der Waals surface area contributed by atoms with Gasteiger partial charge in [-0.1, -0.05) is 30.3 Å². The Labute approximate surface area is 150 Å². The first-order valence-corrected chi connectivity index (χ1v) is 8.85. The van der Waals surface area contributed by atoms with Crippen molar-refractivity contribution in [1.82, 2.24) is 0 Å². The second kappa shape index (κ2) is 5.64. The highest BCUT2D eigenvalue weighted by Gasteiger charge is 2.35. The van der Waals surface area contributed by atoms with Crippen LogP contribution in [0.3, 0.4) is 0 Å². The fraction of sp³-hybridized carbons (Fsp3) is 0.150. The van der Waals surface area contributed by atoms with E-state index in [4.69, 9.17) is 0 Å². The summed E-state index contributed by atoms with van der Waals surface area (Å²) in [5.74, 6) is 1.55. The van der Waals surface area contributed by atoms with E-state index in [0.29, 0.717) is 5.92 Å². The van der Waals surface area contributed by atoms with Gasteiger partial charge in [-0.2, -0.15) is 4.90 Å². The molecule has 114 valence electrons. The molecule has 23 heavy (non-hydrogen) atoms. The van der Waals surface area contributed by atoms with Gasteiger partial charge >= 0.3 is 0 Å². The highest BCUT2D eigenvalue weighted by molar-refractivity contribution is 14.1. The molecule has 2 heterocycles. The third kappa shape index (κ3) is 2.34. The molecule has 0 fully saturated rings. The number of allylic oxidation sites excluding steroid dienone is 3. The molecule has 2 nitrogen and oxygen atoms in total. The average Bonchev–Trinajstić information content (AvgIpc) is 2.72. The fourth-order valence-corrected chi connectivity index (χ4v) is 3.81. The third-order valence-electron chi connectivity index (χ3n) is 4.56. The minimum Gasteiger partial charge on any atom is -0.237 e. The van der Waals surface area contributed by atoms with Crippen molar-refractivity contribution in [3.05, 3.63) is 81.2 Å². The van der Waals surface area contributed by atoms with Crippen LogP contribution in [0.15, 0.2) is 66.5 Å². The normalized spacial score (nSPS) is 18.9. The highest BCUT2D eigenvalue weighted by Crippen LogP contribution is 2.43. The molecule has 0 radical (unpaired) electrons. The predicted octanol–water partition coefficient (Wildman–Crippen LogP) is 4.96. The maximum atomic E-state index is 2.42. The number of nitrogens with zero attached hydrogens (tertiary/aromatic N) is 2. The van der Waals surface area contributed by atoms with Gasteiger partial charge in [-0.05, 0) is 53.8 Å². The first kappa shape index (κ1) is 14.7. The lowest BCUT2D eigenvalue weighted by Crippen LogP contribution is -2.29. The van der Waals surface area contributed by atoms with Crippen molar-refractivity contribution in [3.8, 4) is 0 Å². The highest BCUT2D eigenvalue weighted by atomic mass is 127. The standard InChI is InChI=1S/C20H18IN2/c1-14-17(21)9-5-11-18(14)23-19-10-4-3-8-16(19)15-7-6-12-22(2)20(23)13-15/h3-13,15H,1-2H3/q+1. The molecule has 2 aliphatic rings. The summed E-state index contributed by atoms with van der Waals surface area (Å²) in [6.45, 7) is 2.20. The lowest BCUT2D eigenvalue weighted by Gasteiger charge is -2.28. The van der Waals surface area contributed by atoms with Crippen LogP contribution in [0.2, 0.25) is 0 Å². The number of fused-ring (bicyclic) bond motifs is 3. The summed E-state index contributed by atoms with van der Waals surface area (Å²) in [7, 11) is 2.11. The summed E-state index contributed by atoms with van der Waals surface area (Å²) in [6, 6.07) is 15.2. The Bertz CT molecular complexity index is 877. The van der Waals surface area contributed by atoms with Crippen molar-refractivity contribution < 1.29 is 4.58 Å². The van der Waals surface area contributed by atoms with Gasteiger partial charge in [0.25, 0.3) is 5.82 Å². The van der Waals surface area contributed by atoms with Crippen LogP contribution in [-0.2, 0) is 0 Å². The molecule has 2 aromatic rings. The molecule has 0 saturated heterocycles. The molecule has 0 aliphatic carbocycles. The molecule has 1 atom stereocenters. The van der Waals surface area contributed by atoms with Crippen molar-refractivity contribution in [1.29, 1.82) is 0 Å². The van der Waals surface area contributed by atoms with Crippen molar-refractivity contribution in [3.63, 3.8) is 0 Å². The van der Waals surface area contributed by atoms with Gasteiger partial charge < -0.3 is 0 Å². The number of benzene rings is 2. The third-order valence-corrected chi connectivity index (χ3v) is 5.73. The number of halogens is 1. The second-order valence-electron chi connectivity index (χ2n) is 5.97. The van der Waals surface area contributed by atoms with E-state index in [1.54, 1.807) is 0 Å². The number of anilines is 2. The molecule has 3 heteroatoms. The molecule has 0 amide bonds. The first-order valence-electron chi connectivity index (χ1n) is 7.77. The summed E-state index contributed by atoms with van der Waals surface area (Å²) >= 11 is 2.42. The average molecular weight is 413 g/mol. The minimum absolute atomic E-state index is 0.335. The van der Waals surface area contributed by atoms with Gasteiger partial charge in [0.15, 0.2) is 0 Å². The molecule has 0 saturated carbocycles. The molecular weight excluding hydrogens is 395 g/mol. The lowest BCUT2D eigenvalue weighted by atomic mass is 9.92. The quantitative estimate of drug-likeness (QED) is 0.473. The summed E-state index contributed by atoms with van der Waals surface area (Å²) in [6.07, 6.45) is 8.90. The van der Waals surface area contributed by atoms with E-state index in [1.807, 2.05) is 0 Å². The van der Waals surface area contributed by atoms with Crippen molar-refractivity contribution in [2.75, 3.05) is 11.9 Å². The van der Waals surface area contributed by atoms with Gasteiger partial charge in [0, 0.05) is 26.7 Å². The van der Waals surface area contributed by atoms with E-state index in [1.165, 1.54) is 31.9 Å². The Balaban J connectivity index is 2.00. The van der Waals surface area contributed by atoms with Crippen LogP contribution in [-0.4, -0.2) is 17.8 Å². The van der Waals surface area contributed by atoms with E-state index in [9.17, 15) is 0 Å². The maximum Gasteiger partial charge on any atom is 0.283 e. The zero-order valence-electron chi connectivity index (χ0n) is 13.2. The second-order valence-corrected chi connectivity index (χ2v) is 7.14. The Hall–Kier alpha value is -1.88. The Morgan fingerprint density at radius 2 is 1.83 bits per heavy atom. The van der Waals surface area contributed by atoms with E-state index in [2.05, 4.69) is 113 Å². The van der Waals surface area contributed by atoms with Gasteiger partial charge in [-0.3, -0.25) is 0 Å². The van der Waals surface area contributed by atoms with Gasteiger partial charge in [0.2, 0.25) is 0 Å². The molecule has 0 spiro atoms. The molecule has 4 rings (SSSR count). The monoisotopic (exact) mass is 413 g/mol. The Kier molecular flexibility index (Phi) is 3.60. The maximum absolute atomic E-state index is 2.42. The van der Waals surface area contributed by atoms with Crippen LogP contribution in [0.4, 0.5) is 11.4 Å². The van der Waals surface area contributed by atoms with Crippen LogP contribution < -0.4 is 4.90 Å². The van der Waals surface area contributed by atoms with Crippen molar-refractivity contribution >= 4 is 40.2 Å². The van der Waals surface area contributed by atoms with Crippen LogP contribution in [0.1, 0.15) is 17.0 Å². The topological polar surface area (TPSA) is 6.25 Å². The number of hydrogen-bond donors (Lipinski definition) is 0. The van der Waals surface area contributed by atoms with Crippen LogP contribution in [0.5, 0.6) is 0 Å². The van der Waals surface area contributed by atoms with Crippen LogP contribution >= 0.6 is 22.6 Å². The number of para-hydroxylation sites is 1. The Morgan fingerprint density at radius 1 is 1.04 bits per heavy atom. The predicted molar refractivity (Wildman–Crippen MR) is 105 cm³/mol. The smallest absolute Gasteiger partial charge is 0.237 e. The Morgan fingerprint density at radius 3 is 2.70 bits per heavy atom. The van der Waals surface area contributed by atoms with Crippen LogP contribution in [0, 0.1) is 10.5 Å². The van der Waals surface area contributed by atoms with E-state index >= 15 is 0 Å². The van der Waals surface area contributed by atoms with Gasteiger partial charge in [0.1, 0.15) is 11.4 Å². The zero-order valence-corrected chi connectivity index (χ0v) is 15.4. The largest absolute Gasteiger partial charge is 0.283 e. The van der Waals surface area contributed by atoms with E-state index < -0.39 is 0 Å². The van der Waals surface area contributed by atoms with E-state index in [0.717, 1.165) is 0 Å². The SMILES string of the molecule is Cc1c(I)cccc1N1C2=CC(C=CC=[N+]2C)c2ccccc21. The van der Waals surface area contributed by atoms with Crippen molar-refractivity contribution in [2.24, 2.45) is 0 Å². The van der Waals surface area contributed by atoms with E-state index in [-0.39, 0.29) is 0 Å². The lowest BCUT2D eigenvalue weighted by molar-refractivity contribution is -0.439. The fourth-order valence-electron chi connectivity index (χ4n) is 3.32. The van der Waals surface area contributed by atoms with Crippen LogP contribution in [0.25, 0.3) is 0 Å². The molecular formula is C20H18IN2+. The molecule has 0 aromatic heterocycles.